The molecule has 3 rings (SSSR count). The Morgan fingerprint density at radius 2 is 2.08 bits per heavy atom. The number of carbonyl (C=O) groups is 1. The first kappa shape index (κ1) is 16.8. The first-order valence-corrected chi connectivity index (χ1v) is 7.97. The number of hydrogen-bond acceptors (Lipinski definition) is 4. The van der Waals surface area contributed by atoms with Gasteiger partial charge in [0, 0.05) is 6.20 Å². The van der Waals surface area contributed by atoms with Gasteiger partial charge in [-0.25, -0.2) is 0 Å². The summed E-state index contributed by atoms with van der Waals surface area (Å²) in [7, 11) is 0. The maximum Gasteiger partial charge on any atom is 0.352 e. The molecule has 1 aliphatic rings. The lowest BCUT2D eigenvalue weighted by Gasteiger charge is -2.42. The van der Waals surface area contributed by atoms with Crippen LogP contribution in [0.15, 0.2) is 24.4 Å². The first-order chi connectivity index (χ1) is 11.3. The molecule has 130 valence electrons. The van der Waals surface area contributed by atoms with Gasteiger partial charge >= 0.3 is 5.92 Å². The van der Waals surface area contributed by atoms with E-state index in [0.717, 1.165) is 0 Å². The van der Waals surface area contributed by atoms with Gasteiger partial charge in [-0.1, -0.05) is 19.9 Å². The number of alkyl halides is 2. The molecule has 0 saturated heterocycles. The number of hydrogen-bond donors (Lipinski definition) is 2. The highest BCUT2D eigenvalue weighted by Gasteiger charge is 2.61. The number of aliphatic hydroxyl groups is 1. The summed E-state index contributed by atoms with van der Waals surface area (Å²) in [6, 6.07) is 4.55. The van der Waals surface area contributed by atoms with E-state index in [9.17, 15) is 18.7 Å². The molecule has 0 spiro atoms. The maximum atomic E-state index is 14.3. The Bertz CT molecular complexity index is 755. The molecule has 1 fully saturated rings. The quantitative estimate of drug-likeness (QED) is 0.875. The molecule has 0 aliphatic heterocycles. The molecule has 2 aromatic heterocycles. The predicted octanol–water partition coefficient (Wildman–Crippen LogP) is 2.09. The van der Waals surface area contributed by atoms with Crippen molar-refractivity contribution in [3.05, 3.63) is 30.2 Å². The van der Waals surface area contributed by atoms with E-state index >= 15 is 0 Å². The highest BCUT2D eigenvalue weighted by molar-refractivity contribution is 5.85. The van der Waals surface area contributed by atoms with Crippen molar-refractivity contribution in [2.45, 2.75) is 50.7 Å². The molecule has 24 heavy (non-hydrogen) atoms. The second-order valence-corrected chi connectivity index (χ2v) is 6.64. The van der Waals surface area contributed by atoms with Gasteiger partial charge < -0.3 is 10.4 Å². The molecule has 0 radical (unpaired) electrons. The Morgan fingerprint density at radius 1 is 1.38 bits per heavy atom. The van der Waals surface area contributed by atoms with Gasteiger partial charge in [0.15, 0.2) is 11.5 Å². The topological polar surface area (TPSA) is 79.5 Å². The summed E-state index contributed by atoms with van der Waals surface area (Å²) < 4.78 is 30.3. The van der Waals surface area contributed by atoms with Crippen molar-refractivity contribution >= 4 is 11.6 Å². The van der Waals surface area contributed by atoms with Crippen LogP contribution >= 0.6 is 0 Å². The predicted molar refractivity (Wildman–Crippen MR) is 82.5 cm³/mol. The summed E-state index contributed by atoms with van der Waals surface area (Å²) in [5.74, 6) is -5.12. The third-order valence-corrected chi connectivity index (χ3v) is 4.62. The van der Waals surface area contributed by atoms with Gasteiger partial charge in [0.25, 0.3) is 5.91 Å². The summed E-state index contributed by atoms with van der Waals surface area (Å²) in [4.78, 5) is 12.2. The molecule has 0 unspecified atom stereocenters. The van der Waals surface area contributed by atoms with Crippen LogP contribution in [0.3, 0.4) is 0 Å². The number of carbonyl (C=O) groups excluding carboxylic acids is 1. The maximum absolute atomic E-state index is 14.3. The minimum atomic E-state index is -3.83. The first-order valence-electron chi connectivity index (χ1n) is 7.97. The molecule has 1 aliphatic carbocycles. The molecule has 8 heteroatoms. The number of nitrogens with one attached hydrogen (secondary N) is 1. The van der Waals surface area contributed by atoms with Crippen LogP contribution in [0, 0.1) is 5.92 Å². The second kappa shape index (κ2) is 5.77. The fraction of sp³-hybridized carbons (Fsp3) is 0.562. The third kappa shape index (κ3) is 2.54. The Labute approximate surface area is 137 Å². The SMILES string of the molecule is CC(C)[C@H](NC(=O)C(F)(F)C1(O)CCC1)c1nnc2ccccn12. The number of aromatic nitrogens is 3. The van der Waals surface area contributed by atoms with E-state index < -0.39 is 23.5 Å². The average molecular weight is 338 g/mol. The van der Waals surface area contributed by atoms with E-state index in [1.165, 1.54) is 0 Å². The van der Waals surface area contributed by atoms with Crippen molar-refractivity contribution in [1.29, 1.82) is 0 Å². The van der Waals surface area contributed by atoms with E-state index in [0.29, 0.717) is 17.9 Å². The molecule has 2 heterocycles. The molecule has 6 nitrogen and oxygen atoms in total. The van der Waals surface area contributed by atoms with Crippen molar-refractivity contribution in [1.82, 2.24) is 19.9 Å². The normalized spacial score (nSPS) is 18.4. The standard InChI is InChI=1S/C16H20F2N4O2/c1-10(2)12(13-21-20-11-6-3-4-9-22(11)13)19-14(23)16(17,18)15(24)7-5-8-15/h3-4,6,9-10,12,24H,5,7-8H2,1-2H3,(H,19,23)/t12-/m0/s1. The van der Waals surface area contributed by atoms with Gasteiger partial charge in [-0.3, -0.25) is 9.20 Å². The van der Waals surface area contributed by atoms with Crippen LogP contribution in [0.1, 0.15) is 45.0 Å². The Morgan fingerprint density at radius 3 is 2.67 bits per heavy atom. The fourth-order valence-electron chi connectivity index (χ4n) is 2.87. The fourth-order valence-corrected chi connectivity index (χ4v) is 2.87. The molecule has 0 bridgehead atoms. The van der Waals surface area contributed by atoms with Gasteiger partial charge in [-0.15, -0.1) is 10.2 Å². The highest BCUT2D eigenvalue weighted by atomic mass is 19.3. The summed E-state index contributed by atoms with van der Waals surface area (Å²) in [6.45, 7) is 3.59. The molecule has 1 amide bonds. The molecule has 2 N–H and O–H groups in total. The molecule has 0 aromatic carbocycles. The Balaban J connectivity index is 1.88. The van der Waals surface area contributed by atoms with E-state index in [4.69, 9.17) is 0 Å². The molecule has 1 atom stereocenters. The van der Waals surface area contributed by atoms with Crippen LogP contribution < -0.4 is 5.32 Å². The van der Waals surface area contributed by atoms with Gasteiger partial charge in [-0.2, -0.15) is 8.78 Å². The van der Waals surface area contributed by atoms with Crippen LogP contribution in [0.2, 0.25) is 0 Å². The zero-order chi connectivity index (χ0) is 17.5. The number of nitrogens with zero attached hydrogens (tertiary/aromatic N) is 3. The van der Waals surface area contributed by atoms with Gasteiger partial charge in [0.1, 0.15) is 5.60 Å². The zero-order valence-electron chi connectivity index (χ0n) is 13.5. The zero-order valence-corrected chi connectivity index (χ0v) is 13.5. The smallest absolute Gasteiger partial charge is 0.352 e. The van der Waals surface area contributed by atoms with Crippen molar-refractivity contribution < 1.29 is 18.7 Å². The number of fused-ring (bicyclic) bond motifs is 1. The van der Waals surface area contributed by atoms with Crippen molar-refractivity contribution in [2.24, 2.45) is 5.92 Å². The largest absolute Gasteiger partial charge is 0.383 e. The van der Waals surface area contributed by atoms with E-state index in [2.05, 4.69) is 15.5 Å². The number of rotatable bonds is 5. The average Bonchev–Trinajstić information content (AvgIpc) is 2.93. The third-order valence-electron chi connectivity index (χ3n) is 4.62. The molecular weight excluding hydrogens is 318 g/mol. The van der Waals surface area contributed by atoms with Crippen molar-refractivity contribution in [2.75, 3.05) is 0 Å². The number of amides is 1. The van der Waals surface area contributed by atoms with Gasteiger partial charge in [0.2, 0.25) is 0 Å². The van der Waals surface area contributed by atoms with E-state index in [-0.39, 0.29) is 18.8 Å². The van der Waals surface area contributed by atoms with Gasteiger partial charge in [0.05, 0.1) is 6.04 Å². The summed E-state index contributed by atoms with van der Waals surface area (Å²) in [5, 5.41) is 20.3. The lowest BCUT2D eigenvalue weighted by molar-refractivity contribution is -0.216. The minimum absolute atomic E-state index is 0.0758. The van der Waals surface area contributed by atoms with Crippen molar-refractivity contribution in [3.63, 3.8) is 0 Å². The van der Waals surface area contributed by atoms with Crippen LogP contribution in [0.4, 0.5) is 8.78 Å². The molecule has 2 aromatic rings. The van der Waals surface area contributed by atoms with Gasteiger partial charge in [-0.05, 0) is 37.3 Å². The van der Waals surface area contributed by atoms with Crippen LogP contribution in [-0.2, 0) is 4.79 Å². The second-order valence-electron chi connectivity index (χ2n) is 6.64. The van der Waals surface area contributed by atoms with Crippen LogP contribution in [0.5, 0.6) is 0 Å². The van der Waals surface area contributed by atoms with Crippen LogP contribution in [0.25, 0.3) is 5.65 Å². The summed E-state index contributed by atoms with van der Waals surface area (Å²) in [6.07, 6.45) is 2.05. The molecular formula is C16H20F2N4O2. The number of pyridine rings is 1. The van der Waals surface area contributed by atoms with E-state index in [1.807, 2.05) is 0 Å². The summed E-state index contributed by atoms with van der Waals surface area (Å²) in [5.41, 5.74) is -1.68. The summed E-state index contributed by atoms with van der Waals surface area (Å²) >= 11 is 0. The monoisotopic (exact) mass is 338 g/mol. The lowest BCUT2D eigenvalue weighted by atomic mass is 9.75. The lowest BCUT2D eigenvalue weighted by Crippen LogP contribution is -2.61. The minimum Gasteiger partial charge on any atom is -0.383 e. The van der Waals surface area contributed by atoms with Crippen LogP contribution in [-0.4, -0.2) is 37.1 Å². The Kier molecular flexibility index (Phi) is 4.03. The van der Waals surface area contributed by atoms with Crippen molar-refractivity contribution in [3.8, 4) is 0 Å². The highest BCUT2D eigenvalue weighted by Crippen LogP contribution is 2.44. The van der Waals surface area contributed by atoms with E-state index in [1.54, 1.807) is 42.6 Å². The number of halogens is 2. The Hall–Kier alpha value is -2.09. The molecule has 1 saturated carbocycles.